The number of aromatic nitrogens is 1. The van der Waals surface area contributed by atoms with Crippen molar-refractivity contribution >= 4 is 23.0 Å². The molecule has 0 bridgehead atoms. The van der Waals surface area contributed by atoms with Gasteiger partial charge in [-0.2, -0.15) is 5.26 Å². The maximum atomic E-state index is 10.0. The van der Waals surface area contributed by atoms with Gasteiger partial charge in [-0.15, -0.1) is 0 Å². The van der Waals surface area contributed by atoms with Gasteiger partial charge < -0.3 is 15.1 Å². The molecule has 1 N–H and O–H groups in total. The molecule has 172 valence electrons. The molecule has 0 unspecified atom stereocenters. The topological polar surface area (TPSA) is 55.2 Å². The van der Waals surface area contributed by atoms with E-state index in [2.05, 4.69) is 57.6 Å². The third kappa shape index (κ3) is 4.62. The quantitative estimate of drug-likeness (QED) is 0.562. The standard InChI is InChI=1S/C28H29N5S/c29-19-25-23-13-7-8-14-24(23)27(21-9-3-1-4-10-21)31-26(25)20-30-28(34)33-17-15-32(16-18-33)22-11-5-2-6-12-22/h1-6,9-12H,7-8,13-18,20H2,(H,30,34). The van der Waals surface area contributed by atoms with Crippen molar-refractivity contribution in [3.05, 3.63) is 83.0 Å². The van der Waals surface area contributed by atoms with Crippen LogP contribution in [0.1, 0.15) is 35.2 Å². The Bertz CT molecular complexity index is 1190. The predicted octanol–water partition coefficient (Wildman–Crippen LogP) is 4.70. The van der Waals surface area contributed by atoms with E-state index in [4.69, 9.17) is 17.2 Å². The molecular weight excluding hydrogens is 438 g/mol. The lowest BCUT2D eigenvalue weighted by Gasteiger charge is -2.37. The van der Waals surface area contributed by atoms with Crippen LogP contribution in [0.25, 0.3) is 11.3 Å². The van der Waals surface area contributed by atoms with Gasteiger partial charge in [-0.05, 0) is 61.2 Å². The number of hydrogen-bond donors (Lipinski definition) is 1. The van der Waals surface area contributed by atoms with Crippen LogP contribution in [-0.4, -0.2) is 41.2 Å². The zero-order chi connectivity index (χ0) is 23.3. The number of fused-ring (bicyclic) bond motifs is 1. The fourth-order valence-electron chi connectivity index (χ4n) is 5.05. The lowest BCUT2D eigenvalue weighted by molar-refractivity contribution is 0.380. The van der Waals surface area contributed by atoms with Crippen LogP contribution in [0.2, 0.25) is 0 Å². The number of pyridine rings is 1. The van der Waals surface area contributed by atoms with Gasteiger partial charge in [0, 0.05) is 37.4 Å². The van der Waals surface area contributed by atoms with Gasteiger partial charge in [0.2, 0.25) is 0 Å². The third-order valence-electron chi connectivity index (χ3n) is 6.85. The van der Waals surface area contributed by atoms with Crippen molar-refractivity contribution in [3.63, 3.8) is 0 Å². The van der Waals surface area contributed by atoms with Gasteiger partial charge in [0.05, 0.1) is 23.5 Å². The highest BCUT2D eigenvalue weighted by Gasteiger charge is 2.24. The molecule has 2 heterocycles. The van der Waals surface area contributed by atoms with Crippen molar-refractivity contribution in [1.29, 1.82) is 5.26 Å². The molecule has 5 nitrogen and oxygen atoms in total. The van der Waals surface area contributed by atoms with Crippen molar-refractivity contribution in [2.24, 2.45) is 0 Å². The van der Waals surface area contributed by atoms with Crippen molar-refractivity contribution in [2.45, 2.75) is 32.2 Å². The summed E-state index contributed by atoms with van der Waals surface area (Å²) in [6.07, 6.45) is 4.20. The fourth-order valence-corrected chi connectivity index (χ4v) is 5.30. The van der Waals surface area contributed by atoms with E-state index in [1.807, 2.05) is 24.3 Å². The first-order valence-corrected chi connectivity index (χ1v) is 12.5. The number of rotatable bonds is 4. The van der Waals surface area contributed by atoms with Crippen molar-refractivity contribution < 1.29 is 0 Å². The summed E-state index contributed by atoms with van der Waals surface area (Å²) < 4.78 is 0. The average molecular weight is 468 g/mol. The number of benzene rings is 2. The lowest BCUT2D eigenvalue weighted by Crippen LogP contribution is -2.51. The maximum Gasteiger partial charge on any atom is 0.169 e. The van der Waals surface area contributed by atoms with Gasteiger partial charge in [0.25, 0.3) is 0 Å². The number of nitrogens with zero attached hydrogens (tertiary/aromatic N) is 4. The molecule has 1 aliphatic heterocycles. The largest absolute Gasteiger partial charge is 0.368 e. The molecule has 34 heavy (non-hydrogen) atoms. The monoisotopic (exact) mass is 467 g/mol. The number of anilines is 1. The van der Waals surface area contributed by atoms with E-state index in [-0.39, 0.29) is 0 Å². The molecule has 5 rings (SSSR count). The molecule has 1 aromatic heterocycles. The smallest absolute Gasteiger partial charge is 0.169 e. The zero-order valence-electron chi connectivity index (χ0n) is 19.3. The summed E-state index contributed by atoms with van der Waals surface area (Å²) >= 11 is 5.74. The molecule has 2 aliphatic rings. The summed E-state index contributed by atoms with van der Waals surface area (Å²) in [5, 5.41) is 14.2. The first-order valence-electron chi connectivity index (χ1n) is 12.1. The summed E-state index contributed by atoms with van der Waals surface area (Å²) in [5.74, 6) is 0. The Hall–Kier alpha value is -3.43. The van der Waals surface area contributed by atoms with Gasteiger partial charge >= 0.3 is 0 Å². The van der Waals surface area contributed by atoms with Crippen LogP contribution in [0.15, 0.2) is 60.7 Å². The first-order chi connectivity index (χ1) is 16.7. The van der Waals surface area contributed by atoms with E-state index < -0.39 is 0 Å². The van der Waals surface area contributed by atoms with Crippen LogP contribution >= 0.6 is 12.2 Å². The molecule has 1 saturated heterocycles. The molecule has 0 atom stereocenters. The molecule has 1 fully saturated rings. The van der Waals surface area contributed by atoms with Gasteiger partial charge in [0.1, 0.15) is 6.07 Å². The summed E-state index contributed by atoms with van der Waals surface area (Å²) in [6, 6.07) is 23.3. The number of hydrogen-bond acceptors (Lipinski definition) is 4. The van der Waals surface area contributed by atoms with E-state index in [1.54, 1.807) is 0 Å². The van der Waals surface area contributed by atoms with E-state index in [0.717, 1.165) is 79.5 Å². The number of thiocarbonyl (C=S) groups is 1. The second-order valence-corrected chi connectivity index (χ2v) is 9.28. The van der Waals surface area contributed by atoms with Gasteiger partial charge in [-0.1, -0.05) is 48.5 Å². The normalized spacial score (nSPS) is 15.4. The second-order valence-electron chi connectivity index (χ2n) is 8.89. The summed E-state index contributed by atoms with van der Waals surface area (Å²) in [5.41, 5.74) is 7.36. The Morgan fingerprint density at radius 3 is 2.24 bits per heavy atom. The molecule has 6 heteroatoms. The van der Waals surface area contributed by atoms with Gasteiger partial charge in [0.15, 0.2) is 5.11 Å². The third-order valence-corrected chi connectivity index (χ3v) is 7.25. The Kier molecular flexibility index (Phi) is 6.73. The Morgan fingerprint density at radius 1 is 0.912 bits per heavy atom. The minimum atomic E-state index is 0.466. The van der Waals surface area contributed by atoms with Gasteiger partial charge in [-0.3, -0.25) is 0 Å². The van der Waals surface area contributed by atoms with Crippen LogP contribution in [0.5, 0.6) is 0 Å². The first kappa shape index (κ1) is 22.4. The van der Waals surface area contributed by atoms with E-state index in [1.165, 1.54) is 16.8 Å². The molecule has 0 saturated carbocycles. The Morgan fingerprint density at radius 2 is 1.56 bits per heavy atom. The SMILES string of the molecule is N#Cc1c(CNC(=S)N2CCN(c3ccccc3)CC2)nc(-c2ccccc2)c2c1CCCC2. The van der Waals surface area contributed by atoms with Crippen LogP contribution < -0.4 is 10.2 Å². The van der Waals surface area contributed by atoms with Crippen molar-refractivity contribution in [1.82, 2.24) is 15.2 Å². The molecule has 0 spiro atoms. The predicted molar refractivity (Wildman–Crippen MR) is 141 cm³/mol. The highest BCUT2D eigenvalue weighted by molar-refractivity contribution is 7.80. The van der Waals surface area contributed by atoms with Gasteiger partial charge in [-0.25, -0.2) is 4.98 Å². The van der Waals surface area contributed by atoms with Crippen molar-refractivity contribution in [2.75, 3.05) is 31.1 Å². The summed E-state index contributed by atoms with van der Waals surface area (Å²) in [6.45, 7) is 4.08. The van der Waals surface area contributed by atoms with Crippen LogP contribution in [0, 0.1) is 11.3 Å². The summed E-state index contributed by atoms with van der Waals surface area (Å²) in [4.78, 5) is 9.64. The second kappa shape index (κ2) is 10.2. The molecule has 1 aliphatic carbocycles. The van der Waals surface area contributed by atoms with Crippen LogP contribution in [0.4, 0.5) is 5.69 Å². The lowest BCUT2D eigenvalue weighted by atomic mass is 9.85. The van der Waals surface area contributed by atoms with Crippen LogP contribution in [0.3, 0.4) is 0 Å². The molecule has 0 amide bonds. The van der Waals surface area contributed by atoms with Crippen molar-refractivity contribution in [3.8, 4) is 17.3 Å². The zero-order valence-corrected chi connectivity index (χ0v) is 20.2. The Labute approximate surface area is 207 Å². The van der Waals surface area contributed by atoms with E-state index >= 15 is 0 Å². The number of nitrogens with one attached hydrogen (secondary N) is 1. The number of piperazine rings is 1. The maximum absolute atomic E-state index is 10.0. The molecule has 2 aromatic carbocycles. The summed E-state index contributed by atoms with van der Waals surface area (Å²) in [7, 11) is 0. The Balaban J connectivity index is 1.32. The molecule has 3 aromatic rings. The number of nitriles is 1. The molecular formula is C28H29N5S. The molecule has 0 radical (unpaired) electrons. The highest BCUT2D eigenvalue weighted by atomic mass is 32.1. The van der Waals surface area contributed by atoms with Crippen LogP contribution in [-0.2, 0) is 19.4 Å². The average Bonchev–Trinajstić information content (AvgIpc) is 2.92. The minimum absolute atomic E-state index is 0.466. The van der Waals surface area contributed by atoms with E-state index in [9.17, 15) is 5.26 Å². The minimum Gasteiger partial charge on any atom is -0.368 e. The highest BCUT2D eigenvalue weighted by Crippen LogP contribution is 2.33. The number of para-hydroxylation sites is 1. The fraction of sp³-hybridized carbons (Fsp3) is 0.321. The van der Waals surface area contributed by atoms with E-state index in [0.29, 0.717) is 6.54 Å².